The quantitative estimate of drug-likeness (QED) is 0.434. The molecule has 0 aliphatic rings. The second-order valence-electron chi connectivity index (χ2n) is 6.02. The summed E-state index contributed by atoms with van der Waals surface area (Å²) in [5.41, 5.74) is 4.96. The molecule has 1 heterocycles. The van der Waals surface area contributed by atoms with Crippen LogP contribution in [0.1, 0.15) is 12.5 Å². The Bertz CT molecular complexity index is 1120. The Morgan fingerprint density at radius 3 is 2.65 bits per heavy atom. The van der Waals surface area contributed by atoms with Gasteiger partial charge in [0.25, 0.3) is 0 Å². The summed E-state index contributed by atoms with van der Waals surface area (Å²) in [7, 11) is 1.67. The smallest absolute Gasteiger partial charge is 0.176 e. The molecule has 0 unspecified atom stereocenters. The lowest BCUT2D eigenvalue weighted by Crippen LogP contribution is -2.02. The molecule has 1 aromatic heterocycles. The number of nitrogens with zero attached hydrogens (tertiary/aromatic N) is 3. The van der Waals surface area contributed by atoms with Crippen LogP contribution in [0.5, 0.6) is 5.75 Å². The van der Waals surface area contributed by atoms with Crippen LogP contribution in [-0.4, -0.2) is 23.0 Å². The van der Waals surface area contributed by atoms with Crippen LogP contribution in [0, 0.1) is 0 Å². The topological polar surface area (TPSA) is 59.4 Å². The first kappa shape index (κ1) is 16.0. The molecular weight excluding hydrogens is 324 g/mol. The van der Waals surface area contributed by atoms with Crippen LogP contribution in [0.3, 0.4) is 0 Å². The van der Waals surface area contributed by atoms with Crippen LogP contribution in [-0.2, 0) is 0 Å². The number of anilines is 1. The summed E-state index contributed by atoms with van der Waals surface area (Å²) in [6.45, 7) is 1.97. The summed E-state index contributed by atoms with van der Waals surface area (Å²) in [5, 5.41) is 17.0. The van der Waals surface area contributed by atoms with Crippen molar-refractivity contribution in [1.29, 1.82) is 0 Å². The van der Waals surface area contributed by atoms with Gasteiger partial charge in [0.1, 0.15) is 5.75 Å². The fraction of sp³-hybridized carbons (Fsp3) is 0.0952. The van der Waals surface area contributed by atoms with Crippen LogP contribution < -0.4 is 10.2 Å². The number of methoxy groups -OCH3 is 1. The predicted molar refractivity (Wildman–Crippen MR) is 106 cm³/mol. The van der Waals surface area contributed by atoms with Crippen molar-refractivity contribution in [3.8, 4) is 5.75 Å². The number of nitrogens with one attached hydrogen (secondary N) is 1. The van der Waals surface area contributed by atoms with Gasteiger partial charge in [0.15, 0.2) is 5.82 Å². The van der Waals surface area contributed by atoms with Crippen molar-refractivity contribution in [1.82, 2.24) is 10.2 Å². The molecule has 0 amide bonds. The van der Waals surface area contributed by atoms with Gasteiger partial charge in [-0.2, -0.15) is 10.2 Å². The maximum atomic E-state index is 5.28. The van der Waals surface area contributed by atoms with Gasteiger partial charge in [-0.15, -0.1) is 5.10 Å². The molecule has 26 heavy (non-hydrogen) atoms. The third-order valence-corrected chi connectivity index (χ3v) is 4.37. The van der Waals surface area contributed by atoms with Crippen molar-refractivity contribution in [2.75, 3.05) is 12.5 Å². The van der Waals surface area contributed by atoms with Crippen molar-refractivity contribution in [2.45, 2.75) is 6.92 Å². The molecule has 0 fully saturated rings. The first-order chi connectivity index (χ1) is 12.7. The lowest BCUT2D eigenvalue weighted by atomic mass is 10.0. The lowest BCUT2D eigenvalue weighted by molar-refractivity contribution is 0.415. The minimum absolute atomic E-state index is 0.646. The van der Waals surface area contributed by atoms with Crippen LogP contribution in [0.25, 0.3) is 21.5 Å². The summed E-state index contributed by atoms with van der Waals surface area (Å²) < 4.78 is 5.28. The number of hydrazone groups is 1. The maximum Gasteiger partial charge on any atom is 0.176 e. The minimum atomic E-state index is 0.646. The van der Waals surface area contributed by atoms with Crippen LogP contribution >= 0.6 is 0 Å². The number of aromatic nitrogens is 2. The molecule has 0 spiro atoms. The molecule has 128 valence electrons. The fourth-order valence-corrected chi connectivity index (χ4v) is 2.89. The van der Waals surface area contributed by atoms with E-state index in [1.54, 1.807) is 13.3 Å². The average Bonchev–Trinajstić information content (AvgIpc) is 2.71. The lowest BCUT2D eigenvalue weighted by Gasteiger charge is -2.07. The van der Waals surface area contributed by atoms with Crippen molar-refractivity contribution < 1.29 is 4.74 Å². The van der Waals surface area contributed by atoms with Gasteiger partial charge < -0.3 is 4.74 Å². The molecule has 0 atom stereocenters. The Balaban J connectivity index is 1.64. The van der Waals surface area contributed by atoms with E-state index in [2.05, 4.69) is 45.0 Å². The van der Waals surface area contributed by atoms with Gasteiger partial charge >= 0.3 is 0 Å². The third-order valence-electron chi connectivity index (χ3n) is 4.37. The van der Waals surface area contributed by atoms with Crippen molar-refractivity contribution in [2.24, 2.45) is 5.10 Å². The van der Waals surface area contributed by atoms with Crippen molar-refractivity contribution in [3.05, 3.63) is 72.4 Å². The van der Waals surface area contributed by atoms with Gasteiger partial charge in [-0.05, 0) is 41.5 Å². The van der Waals surface area contributed by atoms with Gasteiger partial charge in [-0.3, -0.25) is 5.43 Å². The molecular formula is C21H18N4O. The van der Waals surface area contributed by atoms with Gasteiger partial charge in [0, 0.05) is 10.8 Å². The van der Waals surface area contributed by atoms with Gasteiger partial charge in [0.05, 0.1) is 19.0 Å². The van der Waals surface area contributed by atoms with Crippen LogP contribution in [0.4, 0.5) is 5.82 Å². The van der Waals surface area contributed by atoms with Crippen LogP contribution in [0.15, 0.2) is 72.0 Å². The summed E-state index contributed by atoms with van der Waals surface area (Å²) in [6, 6.07) is 20.2. The van der Waals surface area contributed by atoms with E-state index in [0.717, 1.165) is 38.6 Å². The van der Waals surface area contributed by atoms with Gasteiger partial charge in [-0.1, -0.05) is 42.5 Å². The molecule has 5 heteroatoms. The highest BCUT2D eigenvalue weighted by atomic mass is 16.5. The van der Waals surface area contributed by atoms with E-state index in [1.165, 1.54) is 0 Å². The number of ether oxygens (including phenoxy) is 1. The van der Waals surface area contributed by atoms with E-state index in [4.69, 9.17) is 4.74 Å². The summed E-state index contributed by atoms with van der Waals surface area (Å²) in [5.74, 6) is 1.50. The molecule has 5 nitrogen and oxygen atoms in total. The average molecular weight is 342 g/mol. The molecule has 0 saturated heterocycles. The van der Waals surface area contributed by atoms with Gasteiger partial charge in [0.2, 0.25) is 0 Å². The Morgan fingerprint density at radius 1 is 0.962 bits per heavy atom. The van der Waals surface area contributed by atoms with E-state index in [1.807, 2.05) is 43.3 Å². The SMILES string of the molecule is COc1ccc2cc(/C(C)=N\Nc3nncc4ccccc34)ccc2c1. The first-order valence-electron chi connectivity index (χ1n) is 8.33. The highest BCUT2D eigenvalue weighted by Crippen LogP contribution is 2.23. The third kappa shape index (κ3) is 3.07. The molecule has 0 radical (unpaired) electrons. The standard InChI is InChI=1S/C21H18N4O/c1-14(15-7-8-17-12-19(26-2)10-9-16(17)11-15)23-25-21-20-6-4-3-5-18(20)13-22-24-21/h3-13H,1-2H3,(H,24,25)/b23-14-. The summed E-state index contributed by atoms with van der Waals surface area (Å²) >= 11 is 0. The number of benzene rings is 3. The maximum absolute atomic E-state index is 5.28. The monoisotopic (exact) mass is 342 g/mol. The molecule has 0 aliphatic carbocycles. The molecule has 4 aromatic rings. The molecule has 0 aliphatic heterocycles. The molecule has 4 rings (SSSR count). The largest absolute Gasteiger partial charge is 0.497 e. The molecule has 3 aromatic carbocycles. The van der Waals surface area contributed by atoms with Crippen LogP contribution in [0.2, 0.25) is 0 Å². The zero-order valence-electron chi connectivity index (χ0n) is 14.6. The van der Waals surface area contributed by atoms with E-state index in [0.29, 0.717) is 5.82 Å². The number of hydrogen-bond donors (Lipinski definition) is 1. The highest BCUT2D eigenvalue weighted by molar-refractivity contribution is 6.02. The molecule has 0 saturated carbocycles. The zero-order chi connectivity index (χ0) is 17.9. The number of rotatable bonds is 4. The Morgan fingerprint density at radius 2 is 1.77 bits per heavy atom. The summed E-state index contributed by atoms with van der Waals surface area (Å²) in [4.78, 5) is 0. The van der Waals surface area contributed by atoms with Gasteiger partial charge in [-0.25, -0.2) is 0 Å². The zero-order valence-corrected chi connectivity index (χ0v) is 14.6. The summed E-state index contributed by atoms with van der Waals surface area (Å²) in [6.07, 6.45) is 1.74. The second kappa shape index (κ2) is 6.80. The molecule has 1 N–H and O–H groups in total. The second-order valence-corrected chi connectivity index (χ2v) is 6.02. The normalized spacial score (nSPS) is 11.7. The van der Waals surface area contributed by atoms with Crippen molar-refractivity contribution >= 4 is 33.1 Å². The van der Waals surface area contributed by atoms with Crippen molar-refractivity contribution in [3.63, 3.8) is 0 Å². The highest BCUT2D eigenvalue weighted by Gasteiger charge is 2.04. The fourth-order valence-electron chi connectivity index (χ4n) is 2.89. The van der Waals surface area contributed by atoms with E-state index < -0.39 is 0 Å². The van der Waals surface area contributed by atoms with E-state index in [-0.39, 0.29) is 0 Å². The Labute approximate surface area is 151 Å². The predicted octanol–water partition coefficient (Wildman–Crippen LogP) is 4.63. The van der Waals surface area contributed by atoms with E-state index >= 15 is 0 Å². The number of fused-ring (bicyclic) bond motifs is 2. The minimum Gasteiger partial charge on any atom is -0.497 e. The molecule has 0 bridgehead atoms. The van der Waals surface area contributed by atoms with E-state index in [9.17, 15) is 0 Å². The first-order valence-corrected chi connectivity index (χ1v) is 8.33. The number of hydrogen-bond acceptors (Lipinski definition) is 5. The Hall–Kier alpha value is -3.47. The Kier molecular flexibility index (Phi) is 4.19.